The van der Waals surface area contributed by atoms with Gasteiger partial charge >= 0.3 is 0 Å². The Kier molecular flexibility index (Phi) is 4.64. The smallest absolute Gasteiger partial charge is 0.252 e. The fourth-order valence-corrected chi connectivity index (χ4v) is 2.16. The monoisotopic (exact) mass is 296 g/mol. The molecule has 0 amide bonds. The van der Waals surface area contributed by atoms with Gasteiger partial charge in [-0.2, -0.15) is 0 Å². The summed E-state index contributed by atoms with van der Waals surface area (Å²) in [6, 6.07) is 8.80. The third-order valence-corrected chi connectivity index (χ3v) is 3.34. The predicted molar refractivity (Wildman–Crippen MR) is 79.9 cm³/mol. The molecule has 0 radical (unpaired) electrons. The van der Waals surface area contributed by atoms with Crippen LogP contribution in [0.15, 0.2) is 35.1 Å². The van der Waals surface area contributed by atoms with E-state index >= 15 is 0 Å². The van der Waals surface area contributed by atoms with Crippen molar-refractivity contribution >= 4 is 23.2 Å². The first-order valence-corrected chi connectivity index (χ1v) is 6.75. The number of benzene rings is 1. The molecule has 1 heterocycles. The molecule has 0 saturated heterocycles. The molecule has 2 rings (SSSR count). The Morgan fingerprint density at radius 3 is 2.68 bits per heavy atom. The highest BCUT2D eigenvalue weighted by atomic mass is 35.5. The number of aromatic amines is 1. The average molecular weight is 297 g/mol. The Bertz CT molecular complexity index is 638. The first-order chi connectivity index (χ1) is 9.11. The van der Waals surface area contributed by atoms with Crippen LogP contribution in [-0.2, 0) is 6.54 Å². The zero-order valence-corrected chi connectivity index (χ0v) is 12.0. The highest BCUT2D eigenvalue weighted by molar-refractivity contribution is 6.35. The van der Waals surface area contributed by atoms with Crippen LogP contribution in [0.4, 0.5) is 0 Å². The molecule has 0 saturated carbocycles. The van der Waals surface area contributed by atoms with Gasteiger partial charge < -0.3 is 10.3 Å². The number of rotatable bonds is 4. The first kappa shape index (κ1) is 14.1. The van der Waals surface area contributed by atoms with Crippen LogP contribution < -0.4 is 10.9 Å². The van der Waals surface area contributed by atoms with Gasteiger partial charge in [0.05, 0.1) is 0 Å². The van der Waals surface area contributed by atoms with Gasteiger partial charge in [-0.15, -0.1) is 0 Å². The summed E-state index contributed by atoms with van der Waals surface area (Å²) in [6.07, 6.45) is 0. The van der Waals surface area contributed by atoms with Crippen LogP contribution in [-0.4, -0.2) is 11.5 Å². The standard InChI is InChI=1S/C14H14Cl2N2O/c1-2-17-8-9-3-6-13(18-14(9)19)11-7-10(15)4-5-12(11)16/h3-7,17H,2,8H2,1H3,(H,18,19). The van der Waals surface area contributed by atoms with Gasteiger partial charge in [-0.05, 0) is 30.8 Å². The normalized spacial score (nSPS) is 10.7. The van der Waals surface area contributed by atoms with Gasteiger partial charge in [-0.1, -0.05) is 36.2 Å². The lowest BCUT2D eigenvalue weighted by Gasteiger charge is -2.07. The molecule has 1 aromatic carbocycles. The maximum absolute atomic E-state index is 11.9. The van der Waals surface area contributed by atoms with E-state index < -0.39 is 0 Å². The van der Waals surface area contributed by atoms with E-state index in [1.54, 1.807) is 24.3 Å². The third kappa shape index (κ3) is 3.38. The quantitative estimate of drug-likeness (QED) is 0.907. The van der Waals surface area contributed by atoms with E-state index in [0.717, 1.165) is 12.1 Å². The summed E-state index contributed by atoms with van der Waals surface area (Å²) in [5.74, 6) is 0. The number of aromatic nitrogens is 1. The van der Waals surface area contributed by atoms with Crippen LogP contribution in [0.25, 0.3) is 11.3 Å². The second-order valence-electron chi connectivity index (χ2n) is 4.13. The van der Waals surface area contributed by atoms with E-state index in [0.29, 0.717) is 27.8 Å². The number of pyridine rings is 1. The van der Waals surface area contributed by atoms with E-state index in [-0.39, 0.29) is 5.56 Å². The van der Waals surface area contributed by atoms with Crippen LogP contribution in [0.3, 0.4) is 0 Å². The molecule has 5 heteroatoms. The Hall–Kier alpha value is -1.29. The molecular weight excluding hydrogens is 283 g/mol. The topological polar surface area (TPSA) is 44.9 Å². The van der Waals surface area contributed by atoms with Crippen molar-refractivity contribution in [2.24, 2.45) is 0 Å². The van der Waals surface area contributed by atoms with Crippen molar-refractivity contribution in [1.82, 2.24) is 10.3 Å². The largest absolute Gasteiger partial charge is 0.322 e. The van der Waals surface area contributed by atoms with Crippen molar-refractivity contribution in [3.8, 4) is 11.3 Å². The Balaban J connectivity index is 2.39. The van der Waals surface area contributed by atoms with Gasteiger partial charge in [-0.3, -0.25) is 4.79 Å². The highest BCUT2D eigenvalue weighted by Gasteiger charge is 2.07. The zero-order valence-electron chi connectivity index (χ0n) is 10.5. The second-order valence-corrected chi connectivity index (χ2v) is 4.97. The van der Waals surface area contributed by atoms with E-state index in [9.17, 15) is 4.79 Å². The Morgan fingerprint density at radius 1 is 1.21 bits per heavy atom. The van der Waals surface area contributed by atoms with Crippen LogP contribution >= 0.6 is 23.2 Å². The van der Waals surface area contributed by atoms with Crippen LogP contribution in [0.2, 0.25) is 10.0 Å². The van der Waals surface area contributed by atoms with Gasteiger partial charge in [0.25, 0.3) is 5.56 Å². The maximum Gasteiger partial charge on any atom is 0.252 e. The summed E-state index contributed by atoms with van der Waals surface area (Å²) >= 11 is 12.1. The Labute approximate surface area is 121 Å². The van der Waals surface area contributed by atoms with Crippen LogP contribution in [0, 0.1) is 0 Å². The zero-order chi connectivity index (χ0) is 13.8. The number of nitrogens with one attached hydrogen (secondary N) is 2. The van der Waals surface area contributed by atoms with Crippen molar-refractivity contribution in [1.29, 1.82) is 0 Å². The van der Waals surface area contributed by atoms with Gasteiger partial charge in [0.2, 0.25) is 0 Å². The molecule has 3 nitrogen and oxygen atoms in total. The van der Waals surface area contributed by atoms with Crippen LogP contribution in [0.5, 0.6) is 0 Å². The number of halogens is 2. The molecule has 0 aliphatic rings. The van der Waals surface area contributed by atoms with Crippen molar-refractivity contribution in [3.05, 3.63) is 56.3 Å². The molecule has 0 spiro atoms. The molecule has 100 valence electrons. The fraction of sp³-hybridized carbons (Fsp3) is 0.214. The molecule has 2 aromatic rings. The van der Waals surface area contributed by atoms with Crippen molar-refractivity contribution in [2.75, 3.05) is 6.54 Å². The first-order valence-electron chi connectivity index (χ1n) is 6.00. The number of hydrogen-bond donors (Lipinski definition) is 2. The maximum atomic E-state index is 11.9. The third-order valence-electron chi connectivity index (χ3n) is 2.78. The van der Waals surface area contributed by atoms with Gasteiger partial charge in [0.1, 0.15) is 0 Å². The molecule has 0 unspecified atom stereocenters. The van der Waals surface area contributed by atoms with E-state index in [2.05, 4.69) is 10.3 Å². The van der Waals surface area contributed by atoms with Gasteiger partial charge in [0, 0.05) is 33.4 Å². The molecular formula is C14H14Cl2N2O. The fourth-order valence-electron chi connectivity index (χ4n) is 1.76. The molecule has 0 atom stereocenters. The van der Waals surface area contributed by atoms with Crippen molar-refractivity contribution in [3.63, 3.8) is 0 Å². The molecule has 0 aliphatic heterocycles. The lowest BCUT2D eigenvalue weighted by atomic mass is 10.1. The summed E-state index contributed by atoms with van der Waals surface area (Å²) in [4.78, 5) is 14.8. The minimum absolute atomic E-state index is 0.116. The SMILES string of the molecule is CCNCc1ccc(-c2cc(Cl)ccc2Cl)[nH]c1=O. The predicted octanol–water partition coefficient (Wildman–Crippen LogP) is 3.46. The Morgan fingerprint density at radius 2 is 2.00 bits per heavy atom. The molecule has 19 heavy (non-hydrogen) atoms. The summed E-state index contributed by atoms with van der Waals surface area (Å²) in [5.41, 5.74) is 1.97. The number of H-pyrrole nitrogens is 1. The highest BCUT2D eigenvalue weighted by Crippen LogP contribution is 2.28. The molecule has 0 aliphatic carbocycles. The van der Waals surface area contributed by atoms with E-state index in [4.69, 9.17) is 23.2 Å². The van der Waals surface area contributed by atoms with E-state index in [1.807, 2.05) is 13.0 Å². The minimum Gasteiger partial charge on any atom is -0.322 e. The van der Waals surface area contributed by atoms with Gasteiger partial charge in [0.15, 0.2) is 0 Å². The van der Waals surface area contributed by atoms with Crippen molar-refractivity contribution in [2.45, 2.75) is 13.5 Å². The summed E-state index contributed by atoms with van der Waals surface area (Å²) in [6.45, 7) is 3.37. The lowest BCUT2D eigenvalue weighted by Crippen LogP contribution is -2.20. The molecule has 0 fully saturated rings. The molecule has 2 N–H and O–H groups in total. The number of hydrogen-bond acceptors (Lipinski definition) is 2. The van der Waals surface area contributed by atoms with E-state index in [1.165, 1.54) is 0 Å². The van der Waals surface area contributed by atoms with Crippen molar-refractivity contribution < 1.29 is 0 Å². The summed E-state index contributed by atoms with van der Waals surface area (Å²) in [7, 11) is 0. The average Bonchev–Trinajstić information content (AvgIpc) is 2.40. The van der Waals surface area contributed by atoms with Gasteiger partial charge in [-0.25, -0.2) is 0 Å². The summed E-state index contributed by atoms with van der Waals surface area (Å²) < 4.78 is 0. The lowest BCUT2D eigenvalue weighted by molar-refractivity contribution is 0.720. The summed E-state index contributed by atoms with van der Waals surface area (Å²) in [5, 5.41) is 4.25. The van der Waals surface area contributed by atoms with Crippen LogP contribution in [0.1, 0.15) is 12.5 Å². The molecule has 1 aromatic heterocycles. The second kappa shape index (κ2) is 6.24. The minimum atomic E-state index is -0.116. The molecule has 0 bridgehead atoms.